The molecule has 1 aliphatic rings. The molecule has 1 saturated heterocycles. The van der Waals surface area contributed by atoms with Gasteiger partial charge >= 0.3 is 0 Å². The third kappa shape index (κ3) is 5.01. The maximum Gasteiger partial charge on any atom is 0.239 e. The van der Waals surface area contributed by atoms with Gasteiger partial charge in [-0.05, 0) is 19.3 Å². The van der Waals surface area contributed by atoms with Crippen LogP contribution in [0.2, 0.25) is 0 Å². The van der Waals surface area contributed by atoms with E-state index in [0.29, 0.717) is 17.9 Å². The zero-order chi connectivity index (χ0) is 13.4. The first-order valence-electron chi connectivity index (χ1n) is 6.63. The van der Waals surface area contributed by atoms with E-state index in [9.17, 15) is 14.8 Å². The lowest BCUT2D eigenvalue weighted by Crippen LogP contribution is -2.45. The first-order valence-corrected chi connectivity index (χ1v) is 6.63. The number of carbonyl (C=O) groups is 2. The lowest BCUT2D eigenvalue weighted by Gasteiger charge is -2.23. The summed E-state index contributed by atoms with van der Waals surface area (Å²) in [6, 6.07) is 0. The topological polar surface area (TPSA) is 72.9 Å². The van der Waals surface area contributed by atoms with Gasteiger partial charge in [0.15, 0.2) is 0 Å². The van der Waals surface area contributed by atoms with E-state index >= 15 is 0 Å². The summed E-state index contributed by atoms with van der Waals surface area (Å²) >= 11 is 0. The second kappa shape index (κ2) is 8.05. The molecule has 0 saturated carbocycles. The number of carbonyl (C=O) groups excluding carboxylic acids is 2. The van der Waals surface area contributed by atoms with Crippen molar-refractivity contribution in [1.29, 1.82) is 0 Å². The van der Waals surface area contributed by atoms with Crippen molar-refractivity contribution in [2.24, 2.45) is 5.92 Å². The molecule has 0 unspecified atom stereocenters. The number of hydroxylamine groups is 2. The number of nitrogens with zero attached hydrogens (tertiary/aromatic N) is 2. The summed E-state index contributed by atoms with van der Waals surface area (Å²) in [7, 11) is 0. The minimum atomic E-state index is -0.347. The van der Waals surface area contributed by atoms with Crippen LogP contribution in [0, 0.1) is 5.92 Å². The van der Waals surface area contributed by atoms with Crippen LogP contribution in [-0.4, -0.2) is 47.2 Å². The number of hydrazine groups is 1. The smallest absolute Gasteiger partial charge is 0.239 e. The van der Waals surface area contributed by atoms with E-state index in [-0.39, 0.29) is 19.8 Å². The number of nitrogens with one attached hydrogen (secondary N) is 1. The highest BCUT2D eigenvalue weighted by atomic mass is 16.5. The van der Waals surface area contributed by atoms with Gasteiger partial charge in [0, 0.05) is 14.5 Å². The van der Waals surface area contributed by atoms with Crippen molar-refractivity contribution in [3.63, 3.8) is 0 Å². The average Bonchev–Trinajstić information content (AvgIpc) is 2.86. The third-order valence-electron chi connectivity index (χ3n) is 3.18. The Bertz CT molecular complexity index is 273. The van der Waals surface area contributed by atoms with Gasteiger partial charge in [0.1, 0.15) is 0 Å². The molecule has 1 rings (SSSR count). The summed E-state index contributed by atoms with van der Waals surface area (Å²) in [5.74, 6) is -0.452. The van der Waals surface area contributed by atoms with Gasteiger partial charge in [-0.15, -0.1) is 0 Å². The predicted molar refractivity (Wildman–Crippen MR) is 68.6 cm³/mol. The molecular formula is C12H25N3O3. The molecule has 2 amide bonds. The highest BCUT2D eigenvalue weighted by Gasteiger charge is 2.23. The Balaban J connectivity index is 0.00000324. The fourth-order valence-corrected chi connectivity index (χ4v) is 2.10. The van der Waals surface area contributed by atoms with Crippen LogP contribution < -0.4 is 5.43 Å². The minimum Gasteiger partial charge on any atom is -0.289 e. The fraction of sp³-hybridized carbons (Fsp3) is 0.833. The van der Waals surface area contributed by atoms with Crippen LogP contribution >= 0.6 is 0 Å². The van der Waals surface area contributed by atoms with E-state index in [2.05, 4.69) is 5.43 Å². The van der Waals surface area contributed by atoms with E-state index in [1.165, 1.54) is 0 Å². The van der Waals surface area contributed by atoms with Gasteiger partial charge in [-0.25, -0.2) is 10.1 Å². The first-order chi connectivity index (χ1) is 8.67. The van der Waals surface area contributed by atoms with Crippen LogP contribution in [0.15, 0.2) is 0 Å². The van der Waals surface area contributed by atoms with Crippen LogP contribution in [0.25, 0.3) is 0 Å². The van der Waals surface area contributed by atoms with Crippen molar-refractivity contribution in [2.75, 3.05) is 19.6 Å². The second-order valence-corrected chi connectivity index (χ2v) is 4.74. The lowest BCUT2D eigenvalue weighted by molar-refractivity contribution is -0.155. The number of unbranched alkanes of at least 4 members (excludes halogenated alkanes) is 1. The molecule has 0 bridgehead atoms. The number of rotatable bonds is 8. The molecule has 0 radical (unpaired) electrons. The van der Waals surface area contributed by atoms with Gasteiger partial charge < -0.3 is 0 Å². The Morgan fingerprint density at radius 1 is 1.56 bits per heavy atom. The van der Waals surface area contributed by atoms with Crippen molar-refractivity contribution in [2.45, 2.75) is 39.0 Å². The SMILES string of the molecule is CCCC[C@H](CN(O)C=O)C(=O)NN1CCCC1.[HH]. The molecule has 1 heterocycles. The summed E-state index contributed by atoms with van der Waals surface area (Å²) in [5, 5.41) is 11.7. The lowest BCUT2D eigenvalue weighted by atomic mass is 10.0. The molecule has 0 aromatic carbocycles. The predicted octanol–water partition coefficient (Wildman–Crippen LogP) is 1.01. The number of hydrogen-bond donors (Lipinski definition) is 2. The summed E-state index contributed by atoms with van der Waals surface area (Å²) in [5.41, 5.74) is 2.86. The Morgan fingerprint density at radius 3 is 2.78 bits per heavy atom. The Kier molecular flexibility index (Phi) is 6.67. The monoisotopic (exact) mass is 259 g/mol. The normalized spacial score (nSPS) is 17.4. The molecule has 6 heteroatoms. The van der Waals surface area contributed by atoms with Crippen molar-refractivity contribution >= 4 is 12.3 Å². The molecule has 1 atom stereocenters. The second-order valence-electron chi connectivity index (χ2n) is 4.74. The van der Waals surface area contributed by atoms with Crippen LogP contribution in [-0.2, 0) is 9.59 Å². The summed E-state index contributed by atoms with van der Waals surface area (Å²) in [4.78, 5) is 22.5. The Morgan fingerprint density at radius 2 is 2.22 bits per heavy atom. The molecule has 106 valence electrons. The van der Waals surface area contributed by atoms with Crippen molar-refractivity contribution < 1.29 is 16.2 Å². The van der Waals surface area contributed by atoms with Gasteiger partial charge in [0.25, 0.3) is 0 Å². The van der Waals surface area contributed by atoms with Crippen LogP contribution in [0.3, 0.4) is 0 Å². The minimum absolute atomic E-state index is 0. The first kappa shape index (κ1) is 14.9. The molecule has 1 fully saturated rings. The van der Waals surface area contributed by atoms with Crippen LogP contribution in [0.5, 0.6) is 0 Å². The zero-order valence-corrected chi connectivity index (χ0v) is 11.0. The van der Waals surface area contributed by atoms with E-state index < -0.39 is 0 Å². The molecule has 18 heavy (non-hydrogen) atoms. The Labute approximate surface area is 109 Å². The molecule has 0 spiro atoms. The van der Waals surface area contributed by atoms with Gasteiger partial charge in [0.2, 0.25) is 12.3 Å². The molecular weight excluding hydrogens is 234 g/mol. The zero-order valence-electron chi connectivity index (χ0n) is 11.0. The third-order valence-corrected chi connectivity index (χ3v) is 3.18. The van der Waals surface area contributed by atoms with Crippen molar-refractivity contribution in [1.82, 2.24) is 15.5 Å². The molecule has 0 aromatic rings. The molecule has 1 aliphatic heterocycles. The fourth-order valence-electron chi connectivity index (χ4n) is 2.10. The maximum atomic E-state index is 12.1. The average molecular weight is 259 g/mol. The summed E-state index contributed by atoms with van der Waals surface area (Å²) < 4.78 is 0. The molecule has 0 aromatic heterocycles. The Hall–Kier alpha value is -1.14. The van der Waals surface area contributed by atoms with Gasteiger partial charge in [0.05, 0.1) is 12.5 Å². The van der Waals surface area contributed by atoms with E-state index in [4.69, 9.17) is 0 Å². The number of amides is 2. The highest BCUT2D eigenvalue weighted by molar-refractivity contribution is 5.78. The quantitative estimate of drug-likeness (QED) is 0.388. The highest BCUT2D eigenvalue weighted by Crippen LogP contribution is 2.11. The van der Waals surface area contributed by atoms with Gasteiger partial charge in [-0.3, -0.25) is 20.2 Å². The van der Waals surface area contributed by atoms with Gasteiger partial charge in [-0.1, -0.05) is 19.8 Å². The van der Waals surface area contributed by atoms with Crippen molar-refractivity contribution in [3.8, 4) is 0 Å². The molecule has 6 nitrogen and oxygen atoms in total. The maximum absolute atomic E-state index is 12.1. The van der Waals surface area contributed by atoms with E-state index in [1.807, 2.05) is 11.9 Å². The van der Waals surface area contributed by atoms with Crippen LogP contribution in [0.4, 0.5) is 0 Å². The van der Waals surface area contributed by atoms with Crippen molar-refractivity contribution in [3.05, 3.63) is 0 Å². The summed E-state index contributed by atoms with van der Waals surface area (Å²) in [6.07, 6.45) is 5.11. The number of hydrogen-bond acceptors (Lipinski definition) is 4. The molecule has 0 aliphatic carbocycles. The standard InChI is InChI=1S/C12H23N3O3.H2/c1-2-3-6-11(9-15(18)10-16)12(17)13-14-7-4-5-8-14;/h10-11,18H,2-9H2,1H3,(H,13,17);1H/t11-;/m1./s1. The van der Waals surface area contributed by atoms with E-state index in [0.717, 1.165) is 38.8 Å². The van der Waals surface area contributed by atoms with Crippen LogP contribution in [0.1, 0.15) is 40.5 Å². The van der Waals surface area contributed by atoms with Gasteiger partial charge in [-0.2, -0.15) is 0 Å². The molecule has 2 N–H and O–H groups in total. The summed E-state index contributed by atoms with van der Waals surface area (Å²) in [6.45, 7) is 3.86. The largest absolute Gasteiger partial charge is 0.289 e. The van der Waals surface area contributed by atoms with E-state index in [1.54, 1.807) is 0 Å².